The summed E-state index contributed by atoms with van der Waals surface area (Å²) in [5.41, 5.74) is 11.8. The van der Waals surface area contributed by atoms with Crippen molar-refractivity contribution in [1.82, 2.24) is 4.98 Å². The van der Waals surface area contributed by atoms with Gasteiger partial charge in [-0.05, 0) is 77.1 Å². The Balaban J connectivity index is 0.975. The first-order valence-electron chi connectivity index (χ1n) is 21.2. The molecule has 11 rings (SSSR count). The van der Waals surface area contributed by atoms with E-state index < -0.39 is 12.7 Å². The van der Waals surface area contributed by atoms with E-state index >= 15 is 0 Å². The maximum Gasteiger partial charge on any atom is 0.744 e. The minimum absolute atomic E-state index is 0.114. The Morgan fingerprint density at radius 2 is 1.21 bits per heavy atom. The molecule has 3 aliphatic rings. The number of ether oxygens (including phenoxy) is 1. The van der Waals surface area contributed by atoms with Crippen LogP contribution in [0.4, 0.5) is 34.3 Å². The van der Waals surface area contributed by atoms with Crippen molar-refractivity contribution in [2.75, 3.05) is 21.3 Å². The Labute approximate surface area is 363 Å². The van der Waals surface area contributed by atoms with Gasteiger partial charge in [-0.3, -0.25) is 4.81 Å². The van der Waals surface area contributed by atoms with E-state index in [9.17, 15) is 0 Å². The van der Waals surface area contributed by atoms with Crippen LogP contribution >= 0.6 is 0 Å². The zero-order valence-corrected chi connectivity index (χ0v) is 35.2. The molecule has 0 aliphatic carbocycles. The molecule has 0 radical (unpaired) electrons. The fraction of sp³-hybridized carbons (Fsp3) is 0.130. The van der Waals surface area contributed by atoms with Crippen molar-refractivity contribution >= 4 is 41.5 Å². The topological polar surface area (TPSA) is 50.3 Å². The van der Waals surface area contributed by atoms with Gasteiger partial charge in [0.05, 0.1) is 22.7 Å². The Morgan fingerprint density at radius 3 is 1.92 bits per heavy atom. The summed E-state index contributed by atoms with van der Waals surface area (Å²) >= 11 is 0. The average molecular weight is 809 g/mol. The molecule has 4 heterocycles. The molecule has 0 saturated carbocycles. The van der Waals surface area contributed by atoms with Crippen molar-refractivity contribution in [3.05, 3.63) is 210 Å². The summed E-state index contributed by atoms with van der Waals surface area (Å²) in [6, 6.07) is 64.3. The summed E-state index contributed by atoms with van der Waals surface area (Å²) < 4.78 is 19.3. The molecule has 0 unspecified atom stereocenters. The van der Waals surface area contributed by atoms with Gasteiger partial charge in [-0.25, -0.2) is 4.98 Å². The summed E-state index contributed by atoms with van der Waals surface area (Å²) in [5.74, 6) is 3.66. The maximum atomic E-state index is 6.67. The molecule has 0 atom stereocenters. The number of hydrogen-bond acceptors (Lipinski definition) is 7. The van der Waals surface area contributed by atoms with Gasteiger partial charge in [0.15, 0.2) is 5.82 Å². The van der Waals surface area contributed by atoms with Gasteiger partial charge < -0.3 is 23.8 Å². The van der Waals surface area contributed by atoms with Crippen LogP contribution in [-0.4, -0.2) is 18.9 Å². The molecule has 7 aromatic carbocycles. The molecule has 0 amide bonds. The van der Waals surface area contributed by atoms with Gasteiger partial charge in [-0.1, -0.05) is 148 Å². The summed E-state index contributed by atoms with van der Waals surface area (Å²) in [6.45, 7) is 9.49. The lowest BCUT2D eigenvalue weighted by molar-refractivity contribution is 0.439. The molecule has 0 spiro atoms. The maximum absolute atomic E-state index is 6.67. The highest BCUT2D eigenvalue weighted by atomic mass is 16.6. The van der Waals surface area contributed by atoms with E-state index in [0.717, 1.165) is 51.4 Å². The number of hydrogen-bond donors (Lipinski definition) is 0. The first kappa shape index (κ1) is 37.5. The van der Waals surface area contributed by atoms with Crippen molar-refractivity contribution < 1.29 is 14.0 Å². The Hall–Kier alpha value is -7.45. The molecule has 0 fully saturated rings. The van der Waals surface area contributed by atoms with Gasteiger partial charge in [0.2, 0.25) is 0 Å². The molecular weight excluding hydrogens is 763 g/mol. The number of para-hydroxylation sites is 3. The van der Waals surface area contributed by atoms with Crippen molar-refractivity contribution in [2.45, 2.75) is 38.5 Å². The fourth-order valence-corrected chi connectivity index (χ4v) is 9.42. The monoisotopic (exact) mass is 808 g/mol. The van der Waals surface area contributed by atoms with Gasteiger partial charge in [-0.2, -0.15) is 0 Å². The lowest BCUT2D eigenvalue weighted by Crippen LogP contribution is -2.36. The number of nitrogens with zero attached hydrogens (tertiary/aromatic N) is 4. The predicted molar refractivity (Wildman–Crippen MR) is 251 cm³/mol. The van der Waals surface area contributed by atoms with Gasteiger partial charge >= 0.3 is 7.25 Å². The Morgan fingerprint density at radius 1 is 0.565 bits per heavy atom. The molecule has 0 bridgehead atoms. The van der Waals surface area contributed by atoms with Crippen LogP contribution in [0.15, 0.2) is 188 Å². The van der Waals surface area contributed by atoms with Crippen LogP contribution in [0.2, 0.25) is 0 Å². The molecule has 7 nitrogen and oxygen atoms in total. The van der Waals surface area contributed by atoms with E-state index in [2.05, 4.69) is 189 Å². The second-order valence-corrected chi connectivity index (χ2v) is 17.3. The Kier molecular flexibility index (Phi) is 8.86. The zero-order chi connectivity index (χ0) is 42.0. The molecule has 3 aliphatic heterocycles. The van der Waals surface area contributed by atoms with Gasteiger partial charge in [0, 0.05) is 40.6 Å². The number of pyridine rings is 1. The molecule has 302 valence electrons. The van der Waals surface area contributed by atoms with Crippen LogP contribution in [-0.2, 0) is 10.8 Å². The molecule has 1 aromatic heterocycles. The fourth-order valence-electron chi connectivity index (χ4n) is 9.42. The minimum Gasteiger partial charge on any atom is -0.505 e. The van der Waals surface area contributed by atoms with E-state index in [1.54, 1.807) is 0 Å². The van der Waals surface area contributed by atoms with E-state index in [4.69, 9.17) is 19.0 Å². The largest absolute Gasteiger partial charge is 0.744 e. The molecule has 0 N–H and O–H groups in total. The first-order valence-corrected chi connectivity index (χ1v) is 21.2. The smallest absolute Gasteiger partial charge is 0.505 e. The third-order valence-electron chi connectivity index (χ3n) is 12.5. The van der Waals surface area contributed by atoms with Crippen LogP contribution in [0, 0.1) is 0 Å². The normalized spacial score (nSPS) is 13.9. The summed E-state index contributed by atoms with van der Waals surface area (Å²) in [4.78, 5) is 11.6. The number of benzene rings is 7. The Bertz CT molecular complexity index is 2920. The lowest BCUT2D eigenvalue weighted by Gasteiger charge is -2.37. The summed E-state index contributed by atoms with van der Waals surface area (Å²) in [5, 5.41) is 0. The van der Waals surface area contributed by atoms with Gasteiger partial charge in [0.25, 0.3) is 0 Å². The highest BCUT2D eigenvalue weighted by Crippen LogP contribution is 2.54. The van der Waals surface area contributed by atoms with Crippen LogP contribution in [0.1, 0.15) is 49.9 Å². The number of anilines is 6. The molecule has 8 aromatic rings. The van der Waals surface area contributed by atoms with E-state index in [1.807, 2.05) is 41.3 Å². The van der Waals surface area contributed by atoms with Crippen LogP contribution < -0.4 is 28.7 Å². The molecular formula is C54H45BN4O3. The van der Waals surface area contributed by atoms with Crippen molar-refractivity contribution in [2.24, 2.45) is 0 Å². The zero-order valence-electron chi connectivity index (χ0n) is 35.2. The average Bonchev–Trinajstić information content (AvgIpc) is 3.99. The third kappa shape index (κ3) is 6.16. The SMILES string of the molecule is CC(C)(C)c1ccnc2c1OB1Oc3ccc(Oc4cccc(N5CN(c6c(-c7ccccc7)cccc6C(C)(c6ccccc6)c6ccccc6)c6ccccc65)c4)cc3N12. The van der Waals surface area contributed by atoms with Crippen LogP contribution in [0.3, 0.4) is 0 Å². The van der Waals surface area contributed by atoms with E-state index in [0.29, 0.717) is 12.4 Å². The second-order valence-electron chi connectivity index (χ2n) is 17.3. The number of rotatable bonds is 8. The first-order chi connectivity index (χ1) is 30.3. The molecule has 62 heavy (non-hydrogen) atoms. The summed E-state index contributed by atoms with van der Waals surface area (Å²) in [7, 11) is -0.612. The van der Waals surface area contributed by atoms with Gasteiger partial charge in [0.1, 0.15) is 29.7 Å². The van der Waals surface area contributed by atoms with Crippen LogP contribution in [0.25, 0.3) is 11.1 Å². The van der Waals surface area contributed by atoms with E-state index in [1.165, 1.54) is 33.5 Å². The lowest BCUT2D eigenvalue weighted by atomic mass is 9.69. The number of fused-ring (bicyclic) bond motifs is 6. The van der Waals surface area contributed by atoms with Crippen molar-refractivity contribution in [1.29, 1.82) is 0 Å². The van der Waals surface area contributed by atoms with Crippen LogP contribution in [0.5, 0.6) is 23.0 Å². The molecule has 0 saturated heterocycles. The van der Waals surface area contributed by atoms with Gasteiger partial charge in [-0.15, -0.1) is 0 Å². The predicted octanol–water partition coefficient (Wildman–Crippen LogP) is 13.3. The highest BCUT2D eigenvalue weighted by Gasteiger charge is 2.51. The van der Waals surface area contributed by atoms with Crippen molar-refractivity contribution in [3.8, 4) is 34.1 Å². The summed E-state index contributed by atoms with van der Waals surface area (Å²) in [6.07, 6.45) is 1.85. The highest BCUT2D eigenvalue weighted by molar-refractivity contribution is 6.58. The third-order valence-corrected chi connectivity index (χ3v) is 12.5. The quantitative estimate of drug-likeness (QED) is 0.112. The number of aromatic nitrogens is 1. The second kappa shape index (κ2) is 14.6. The minimum atomic E-state index is -0.612. The van der Waals surface area contributed by atoms with E-state index in [-0.39, 0.29) is 5.41 Å². The van der Waals surface area contributed by atoms with Crippen molar-refractivity contribution in [3.63, 3.8) is 0 Å². The molecule has 8 heteroatoms. The standard InChI is InChI=1S/C54H45BN4O3/c1-53(2,3)45-32-33-56-52-51(45)62-55-59(52)48-35-42(30-31-49(48)61-55)60-41-25-16-24-40(34-41)57-36-58(47-29-15-14-28-46(47)57)50-43(37-18-8-5-9-19-37)26-17-27-44(50)54(4,38-20-10-6-11-21-38)39-22-12-7-13-23-39/h5-35H,36H2,1-4H3.